The second kappa shape index (κ2) is 8.35. The summed E-state index contributed by atoms with van der Waals surface area (Å²) in [6.45, 7) is 2.49. The van der Waals surface area contributed by atoms with E-state index in [4.69, 9.17) is 9.47 Å². The summed E-state index contributed by atoms with van der Waals surface area (Å²) in [5.41, 5.74) is 0.632. The van der Waals surface area contributed by atoms with Crippen molar-refractivity contribution in [2.45, 2.75) is 0 Å². The minimum absolute atomic E-state index is 0.00270. The van der Waals surface area contributed by atoms with Crippen molar-refractivity contribution in [3.63, 3.8) is 0 Å². The average molecular weight is 307 g/mol. The summed E-state index contributed by atoms with van der Waals surface area (Å²) < 4.78 is 10.2. The molecule has 1 heterocycles. The summed E-state index contributed by atoms with van der Waals surface area (Å²) in [5, 5.41) is 5.91. The van der Waals surface area contributed by atoms with Crippen LogP contribution < -0.4 is 20.3 Å². The Hall–Kier alpha value is -2.12. The lowest BCUT2D eigenvalue weighted by Crippen LogP contribution is -2.46. The smallest absolute Gasteiger partial charge is 0.265 e. The molecule has 0 saturated carbocycles. The molecule has 0 bridgehead atoms. The molecule has 2 rings (SSSR count). The van der Waals surface area contributed by atoms with Gasteiger partial charge in [0.2, 0.25) is 5.91 Å². The topological polar surface area (TPSA) is 79.9 Å². The van der Waals surface area contributed by atoms with Gasteiger partial charge in [-0.15, -0.1) is 0 Å². The Labute approximate surface area is 129 Å². The number of nitrogens with one attached hydrogen (secondary N) is 2. The first-order chi connectivity index (χ1) is 10.7. The molecule has 0 aliphatic carbocycles. The van der Waals surface area contributed by atoms with E-state index < -0.39 is 0 Å². The molecule has 0 radical (unpaired) electrons. The van der Waals surface area contributed by atoms with E-state index in [1.54, 1.807) is 19.2 Å². The van der Waals surface area contributed by atoms with Crippen molar-refractivity contribution >= 4 is 17.5 Å². The lowest BCUT2D eigenvalue weighted by molar-refractivity contribution is -0.125. The standard InChI is InChI=1S/C15H21N3O4/c1-21-9-8-16-6-7-17-14(19)10-18-12-4-2-3-5-13(12)22-11-15(18)20/h2-5,16H,6-11H2,1H3,(H,17,19). The van der Waals surface area contributed by atoms with E-state index in [-0.39, 0.29) is 25.0 Å². The van der Waals surface area contributed by atoms with E-state index in [9.17, 15) is 9.59 Å². The highest BCUT2D eigenvalue weighted by molar-refractivity contribution is 6.02. The summed E-state index contributed by atoms with van der Waals surface area (Å²) in [6, 6.07) is 7.20. The van der Waals surface area contributed by atoms with Crippen molar-refractivity contribution < 1.29 is 19.1 Å². The molecular weight excluding hydrogens is 286 g/mol. The molecule has 0 atom stereocenters. The fourth-order valence-electron chi connectivity index (χ4n) is 2.12. The Morgan fingerprint density at radius 2 is 2.14 bits per heavy atom. The zero-order valence-electron chi connectivity index (χ0n) is 12.6. The number of hydrogen-bond acceptors (Lipinski definition) is 5. The van der Waals surface area contributed by atoms with Gasteiger partial charge in [0.15, 0.2) is 6.61 Å². The van der Waals surface area contributed by atoms with Gasteiger partial charge in [-0.05, 0) is 12.1 Å². The van der Waals surface area contributed by atoms with E-state index in [0.29, 0.717) is 31.1 Å². The zero-order chi connectivity index (χ0) is 15.8. The third-order valence-corrected chi connectivity index (χ3v) is 3.22. The maximum Gasteiger partial charge on any atom is 0.265 e. The van der Waals surface area contributed by atoms with Gasteiger partial charge in [-0.1, -0.05) is 12.1 Å². The Kier molecular flexibility index (Phi) is 6.17. The highest BCUT2D eigenvalue weighted by Gasteiger charge is 2.26. The highest BCUT2D eigenvalue weighted by Crippen LogP contribution is 2.30. The predicted octanol–water partition coefficient (Wildman–Crippen LogP) is -0.236. The monoisotopic (exact) mass is 307 g/mol. The normalized spacial score (nSPS) is 13.5. The van der Waals surface area contributed by atoms with Crippen LogP contribution in [0, 0.1) is 0 Å². The molecule has 0 saturated heterocycles. The number of ether oxygens (including phenoxy) is 2. The molecule has 1 aromatic carbocycles. The molecule has 120 valence electrons. The van der Waals surface area contributed by atoms with E-state index >= 15 is 0 Å². The largest absolute Gasteiger partial charge is 0.482 e. The Balaban J connectivity index is 1.80. The molecule has 22 heavy (non-hydrogen) atoms. The van der Waals surface area contributed by atoms with Crippen molar-refractivity contribution in [3.05, 3.63) is 24.3 Å². The fourth-order valence-corrected chi connectivity index (χ4v) is 2.12. The Morgan fingerprint density at radius 3 is 2.95 bits per heavy atom. The third-order valence-electron chi connectivity index (χ3n) is 3.22. The van der Waals surface area contributed by atoms with E-state index in [1.165, 1.54) is 4.90 Å². The molecule has 0 spiro atoms. The van der Waals surface area contributed by atoms with Crippen LogP contribution in [-0.2, 0) is 14.3 Å². The van der Waals surface area contributed by atoms with Crippen molar-refractivity contribution in [2.24, 2.45) is 0 Å². The first-order valence-corrected chi connectivity index (χ1v) is 7.21. The molecule has 7 nitrogen and oxygen atoms in total. The third kappa shape index (κ3) is 4.44. The quantitative estimate of drug-likeness (QED) is 0.648. The SMILES string of the molecule is COCCNCCNC(=O)CN1C(=O)COc2ccccc21. The van der Waals surface area contributed by atoms with E-state index in [2.05, 4.69) is 10.6 Å². The maximum absolute atomic E-state index is 12.0. The second-order valence-corrected chi connectivity index (χ2v) is 4.83. The van der Waals surface area contributed by atoms with Crippen LogP contribution in [0.2, 0.25) is 0 Å². The van der Waals surface area contributed by atoms with Crippen LogP contribution in [0.25, 0.3) is 0 Å². The number of amides is 2. The number of anilines is 1. The van der Waals surface area contributed by atoms with Crippen molar-refractivity contribution in [1.82, 2.24) is 10.6 Å². The van der Waals surface area contributed by atoms with Gasteiger partial charge in [0.1, 0.15) is 12.3 Å². The summed E-state index contributed by atoms with van der Waals surface area (Å²) in [7, 11) is 1.64. The minimum Gasteiger partial charge on any atom is -0.482 e. The Bertz CT molecular complexity index is 521. The number of nitrogens with zero attached hydrogens (tertiary/aromatic N) is 1. The van der Waals surface area contributed by atoms with Gasteiger partial charge in [-0.3, -0.25) is 14.5 Å². The number of fused-ring (bicyclic) bond motifs is 1. The highest BCUT2D eigenvalue weighted by atomic mass is 16.5. The summed E-state index contributed by atoms with van der Waals surface area (Å²) >= 11 is 0. The van der Waals surface area contributed by atoms with Crippen LogP contribution in [0.1, 0.15) is 0 Å². The average Bonchev–Trinajstić information content (AvgIpc) is 2.53. The Morgan fingerprint density at radius 1 is 1.32 bits per heavy atom. The van der Waals surface area contributed by atoms with Gasteiger partial charge in [0.05, 0.1) is 12.3 Å². The van der Waals surface area contributed by atoms with Gasteiger partial charge in [-0.2, -0.15) is 0 Å². The number of para-hydroxylation sites is 2. The van der Waals surface area contributed by atoms with Gasteiger partial charge >= 0.3 is 0 Å². The number of methoxy groups -OCH3 is 1. The first-order valence-electron chi connectivity index (χ1n) is 7.21. The fraction of sp³-hybridized carbons (Fsp3) is 0.467. The number of rotatable bonds is 8. The molecule has 2 amide bonds. The molecule has 2 N–H and O–H groups in total. The van der Waals surface area contributed by atoms with Gasteiger partial charge in [-0.25, -0.2) is 0 Å². The lowest BCUT2D eigenvalue weighted by Gasteiger charge is -2.28. The van der Waals surface area contributed by atoms with Gasteiger partial charge in [0.25, 0.3) is 5.91 Å². The zero-order valence-corrected chi connectivity index (χ0v) is 12.6. The first kappa shape index (κ1) is 16.3. The molecule has 1 aliphatic heterocycles. The van der Waals surface area contributed by atoms with Crippen molar-refractivity contribution in [3.8, 4) is 5.75 Å². The van der Waals surface area contributed by atoms with Crippen LogP contribution in [-0.4, -0.2) is 58.3 Å². The van der Waals surface area contributed by atoms with Crippen LogP contribution >= 0.6 is 0 Å². The van der Waals surface area contributed by atoms with Crippen LogP contribution in [0.3, 0.4) is 0 Å². The molecule has 1 aromatic rings. The van der Waals surface area contributed by atoms with Gasteiger partial charge in [0, 0.05) is 26.7 Å². The summed E-state index contributed by atoms with van der Waals surface area (Å²) in [4.78, 5) is 25.3. The molecule has 0 unspecified atom stereocenters. The van der Waals surface area contributed by atoms with Gasteiger partial charge < -0.3 is 20.1 Å². The summed E-state index contributed by atoms with van der Waals surface area (Å²) in [6.07, 6.45) is 0. The number of carbonyl (C=O) groups excluding carboxylic acids is 2. The molecule has 0 fully saturated rings. The maximum atomic E-state index is 12.0. The lowest BCUT2D eigenvalue weighted by atomic mass is 10.2. The van der Waals surface area contributed by atoms with Crippen molar-refractivity contribution in [2.75, 3.05) is 51.4 Å². The number of hydrogen-bond donors (Lipinski definition) is 2. The number of carbonyl (C=O) groups is 2. The van der Waals surface area contributed by atoms with E-state index in [1.807, 2.05) is 12.1 Å². The molecule has 7 heteroatoms. The number of benzene rings is 1. The van der Waals surface area contributed by atoms with Crippen LogP contribution in [0.5, 0.6) is 5.75 Å². The molecular formula is C15H21N3O4. The second-order valence-electron chi connectivity index (χ2n) is 4.83. The van der Waals surface area contributed by atoms with Crippen molar-refractivity contribution in [1.29, 1.82) is 0 Å². The summed E-state index contributed by atoms with van der Waals surface area (Å²) in [5.74, 6) is 0.210. The van der Waals surface area contributed by atoms with Crippen LogP contribution in [0.4, 0.5) is 5.69 Å². The predicted molar refractivity (Wildman–Crippen MR) is 82.0 cm³/mol. The minimum atomic E-state index is -0.216. The molecule has 0 aromatic heterocycles. The van der Waals surface area contributed by atoms with Crippen LogP contribution in [0.15, 0.2) is 24.3 Å². The van der Waals surface area contributed by atoms with E-state index in [0.717, 1.165) is 6.54 Å². The molecule has 1 aliphatic rings.